The average Bonchev–Trinajstić information content (AvgIpc) is 2.65. The van der Waals surface area contributed by atoms with Gasteiger partial charge in [-0.1, -0.05) is 44.6 Å². The fourth-order valence-electron chi connectivity index (χ4n) is 4.28. The van der Waals surface area contributed by atoms with Crippen LogP contribution in [0.1, 0.15) is 40.5 Å². The molecule has 0 unspecified atom stereocenters. The fraction of sp³-hybridized carbons (Fsp3) is 0.733. The summed E-state index contributed by atoms with van der Waals surface area (Å²) in [5.41, 5.74) is 1.27. The van der Waals surface area contributed by atoms with Gasteiger partial charge >= 0.3 is 0 Å². The van der Waals surface area contributed by atoms with Gasteiger partial charge in [0.25, 0.3) is 0 Å². The summed E-state index contributed by atoms with van der Waals surface area (Å²) < 4.78 is 0. The predicted molar refractivity (Wildman–Crippen MR) is 65.9 cm³/mol. The van der Waals surface area contributed by atoms with Gasteiger partial charge in [0, 0.05) is 5.41 Å². The zero-order valence-electron chi connectivity index (χ0n) is 10.7. The first-order chi connectivity index (χ1) is 7.31. The Hall–Kier alpha value is -0.560. The normalized spacial score (nSPS) is 52.7. The van der Waals surface area contributed by atoms with Crippen LogP contribution in [0.4, 0.5) is 0 Å². The van der Waals surface area contributed by atoms with Crippen LogP contribution in [0.5, 0.6) is 0 Å². The predicted octanol–water partition coefficient (Wildman–Crippen LogP) is 3.31. The van der Waals surface area contributed by atoms with Crippen LogP contribution in [-0.4, -0.2) is 10.7 Å². The molecule has 0 radical (unpaired) electrons. The Bertz CT molecular complexity index is 404. The van der Waals surface area contributed by atoms with Crippen molar-refractivity contribution in [2.24, 2.45) is 22.7 Å². The number of aliphatic hydroxyl groups is 1. The molecule has 3 aliphatic carbocycles. The minimum atomic E-state index is -0.475. The molecule has 1 N–H and O–H groups in total. The number of allylic oxidation sites excluding steroid dienone is 2. The molecule has 1 heteroatoms. The Morgan fingerprint density at radius 3 is 2.69 bits per heavy atom. The van der Waals surface area contributed by atoms with Crippen molar-refractivity contribution in [2.45, 2.75) is 46.1 Å². The van der Waals surface area contributed by atoms with E-state index in [0.717, 1.165) is 12.8 Å². The van der Waals surface area contributed by atoms with Gasteiger partial charge < -0.3 is 5.11 Å². The fourth-order valence-corrected chi connectivity index (χ4v) is 4.28. The van der Waals surface area contributed by atoms with Crippen LogP contribution < -0.4 is 0 Å². The molecule has 3 aliphatic rings. The Labute approximate surface area is 98.2 Å². The first-order valence-electron chi connectivity index (χ1n) is 6.40. The number of hydrogen-bond acceptors (Lipinski definition) is 1. The van der Waals surface area contributed by atoms with E-state index in [-0.39, 0.29) is 10.8 Å². The molecule has 0 spiro atoms. The third kappa shape index (κ3) is 0.924. The van der Waals surface area contributed by atoms with Crippen molar-refractivity contribution in [3.8, 4) is 0 Å². The van der Waals surface area contributed by atoms with Gasteiger partial charge in [-0.3, -0.25) is 0 Å². The summed E-state index contributed by atoms with van der Waals surface area (Å²) in [6, 6.07) is 0. The van der Waals surface area contributed by atoms with E-state index in [4.69, 9.17) is 0 Å². The van der Waals surface area contributed by atoms with Gasteiger partial charge in [-0.2, -0.15) is 0 Å². The lowest BCUT2D eigenvalue weighted by Crippen LogP contribution is -2.39. The summed E-state index contributed by atoms with van der Waals surface area (Å²) in [6.45, 7) is 9.16. The Kier molecular flexibility index (Phi) is 1.75. The third-order valence-corrected chi connectivity index (χ3v) is 5.98. The standard InChI is InChI=1S/C15H22O/c1-10-8-11-12(13(10,2)3)9-15(16)7-5-6-14(11,15)4/h5-6,8,11-12,16H,7,9H2,1-4H3/t11-,12-,14-,15-/m1/s1. The highest BCUT2D eigenvalue weighted by Crippen LogP contribution is 2.67. The Morgan fingerprint density at radius 2 is 2.00 bits per heavy atom. The van der Waals surface area contributed by atoms with Crippen molar-refractivity contribution in [1.82, 2.24) is 0 Å². The highest BCUT2D eigenvalue weighted by molar-refractivity contribution is 5.35. The third-order valence-electron chi connectivity index (χ3n) is 5.98. The van der Waals surface area contributed by atoms with Crippen molar-refractivity contribution in [1.29, 1.82) is 0 Å². The average molecular weight is 218 g/mol. The van der Waals surface area contributed by atoms with Gasteiger partial charge in [0.15, 0.2) is 0 Å². The van der Waals surface area contributed by atoms with Crippen molar-refractivity contribution >= 4 is 0 Å². The molecule has 1 saturated carbocycles. The molecule has 3 rings (SSSR count). The SMILES string of the molecule is CC1=C[C@@H]2[C@@H](C[C@]3(O)CC=C[C@]23C)C1(C)C. The first-order valence-corrected chi connectivity index (χ1v) is 6.40. The summed E-state index contributed by atoms with van der Waals surface area (Å²) in [5.74, 6) is 1.15. The van der Waals surface area contributed by atoms with Gasteiger partial charge in [0.1, 0.15) is 0 Å². The molecular weight excluding hydrogens is 196 g/mol. The van der Waals surface area contributed by atoms with E-state index in [1.54, 1.807) is 0 Å². The molecule has 0 aromatic rings. The molecule has 0 aliphatic heterocycles. The van der Waals surface area contributed by atoms with Crippen LogP contribution in [0.2, 0.25) is 0 Å². The van der Waals surface area contributed by atoms with Gasteiger partial charge in [-0.15, -0.1) is 0 Å². The van der Waals surface area contributed by atoms with E-state index >= 15 is 0 Å². The quantitative estimate of drug-likeness (QED) is 0.618. The number of rotatable bonds is 0. The molecule has 0 aromatic heterocycles. The van der Waals surface area contributed by atoms with Gasteiger partial charge in [0.2, 0.25) is 0 Å². The second kappa shape index (κ2) is 2.64. The van der Waals surface area contributed by atoms with E-state index < -0.39 is 5.60 Å². The van der Waals surface area contributed by atoms with E-state index in [1.165, 1.54) is 5.57 Å². The lowest BCUT2D eigenvalue weighted by atomic mass is 9.72. The second-order valence-electron chi connectivity index (χ2n) is 6.83. The maximum Gasteiger partial charge on any atom is 0.0778 e. The molecule has 0 bridgehead atoms. The molecule has 1 nitrogen and oxygen atoms in total. The van der Waals surface area contributed by atoms with Crippen molar-refractivity contribution in [3.05, 3.63) is 23.8 Å². The molecule has 0 heterocycles. The van der Waals surface area contributed by atoms with E-state index in [9.17, 15) is 5.11 Å². The van der Waals surface area contributed by atoms with Crippen LogP contribution in [-0.2, 0) is 0 Å². The highest BCUT2D eigenvalue weighted by Gasteiger charge is 2.64. The van der Waals surface area contributed by atoms with Crippen LogP contribution >= 0.6 is 0 Å². The van der Waals surface area contributed by atoms with Crippen molar-refractivity contribution in [3.63, 3.8) is 0 Å². The lowest BCUT2D eigenvalue weighted by molar-refractivity contribution is -0.0235. The minimum absolute atomic E-state index is 0.0211. The molecule has 0 amide bonds. The lowest BCUT2D eigenvalue weighted by Gasteiger charge is -2.35. The molecule has 4 atom stereocenters. The van der Waals surface area contributed by atoms with Crippen LogP contribution in [0.25, 0.3) is 0 Å². The first kappa shape index (κ1) is 10.6. The molecular formula is C15H22O. The topological polar surface area (TPSA) is 20.2 Å². The zero-order valence-corrected chi connectivity index (χ0v) is 10.7. The highest BCUT2D eigenvalue weighted by atomic mass is 16.3. The number of fused-ring (bicyclic) bond motifs is 3. The molecule has 1 fully saturated rings. The van der Waals surface area contributed by atoms with Crippen molar-refractivity contribution in [2.75, 3.05) is 0 Å². The zero-order chi connectivity index (χ0) is 11.8. The monoisotopic (exact) mass is 218 g/mol. The number of hydrogen-bond donors (Lipinski definition) is 1. The van der Waals surface area contributed by atoms with E-state index in [1.807, 2.05) is 0 Å². The smallest absolute Gasteiger partial charge is 0.0778 e. The summed E-state index contributed by atoms with van der Waals surface area (Å²) in [5, 5.41) is 10.8. The van der Waals surface area contributed by atoms with Gasteiger partial charge in [-0.25, -0.2) is 0 Å². The largest absolute Gasteiger partial charge is 0.389 e. The summed E-state index contributed by atoms with van der Waals surface area (Å²) >= 11 is 0. The minimum Gasteiger partial charge on any atom is -0.389 e. The molecule has 16 heavy (non-hydrogen) atoms. The van der Waals surface area contributed by atoms with Gasteiger partial charge in [-0.05, 0) is 37.0 Å². The van der Waals surface area contributed by atoms with Crippen LogP contribution in [0, 0.1) is 22.7 Å². The molecule has 0 saturated heterocycles. The maximum atomic E-state index is 10.8. The Morgan fingerprint density at radius 1 is 1.31 bits per heavy atom. The second-order valence-corrected chi connectivity index (χ2v) is 6.83. The summed E-state index contributed by atoms with van der Waals surface area (Å²) in [4.78, 5) is 0. The van der Waals surface area contributed by atoms with Crippen LogP contribution in [0.15, 0.2) is 23.8 Å². The summed E-state index contributed by atoms with van der Waals surface area (Å²) in [6.07, 6.45) is 8.67. The molecule has 0 aromatic carbocycles. The summed E-state index contributed by atoms with van der Waals surface area (Å²) in [7, 11) is 0. The van der Waals surface area contributed by atoms with E-state index in [0.29, 0.717) is 11.8 Å². The van der Waals surface area contributed by atoms with Gasteiger partial charge in [0.05, 0.1) is 5.60 Å². The van der Waals surface area contributed by atoms with E-state index in [2.05, 4.69) is 45.9 Å². The molecule has 88 valence electrons. The van der Waals surface area contributed by atoms with Crippen molar-refractivity contribution < 1.29 is 5.11 Å². The Balaban J connectivity index is 2.10. The maximum absolute atomic E-state index is 10.8. The van der Waals surface area contributed by atoms with Crippen LogP contribution in [0.3, 0.4) is 0 Å².